The van der Waals surface area contributed by atoms with Crippen LogP contribution in [0.25, 0.3) is 0 Å². The van der Waals surface area contributed by atoms with E-state index in [0.29, 0.717) is 0 Å². The SMILES string of the molecule is C=CCOC(=O)C=CCOC(C)=O. The van der Waals surface area contributed by atoms with Gasteiger partial charge in [-0.25, -0.2) is 4.79 Å². The van der Waals surface area contributed by atoms with Gasteiger partial charge in [0.25, 0.3) is 0 Å². The minimum atomic E-state index is -0.480. The summed E-state index contributed by atoms with van der Waals surface area (Å²) in [5.41, 5.74) is 0. The van der Waals surface area contributed by atoms with E-state index in [4.69, 9.17) is 0 Å². The second-order valence-electron chi connectivity index (χ2n) is 2.12. The molecule has 13 heavy (non-hydrogen) atoms. The van der Waals surface area contributed by atoms with Gasteiger partial charge in [-0.15, -0.1) is 0 Å². The van der Waals surface area contributed by atoms with E-state index >= 15 is 0 Å². The minimum Gasteiger partial charge on any atom is -0.462 e. The lowest BCUT2D eigenvalue weighted by molar-refractivity contribution is -0.140. The third kappa shape index (κ3) is 8.33. The molecule has 0 aliphatic rings. The first-order chi connectivity index (χ1) is 6.16. The molecule has 0 amide bonds. The molecule has 0 aromatic heterocycles. The fourth-order valence-corrected chi connectivity index (χ4v) is 0.499. The highest BCUT2D eigenvalue weighted by atomic mass is 16.5. The first-order valence-corrected chi connectivity index (χ1v) is 3.74. The fraction of sp³-hybridized carbons (Fsp3) is 0.333. The maximum absolute atomic E-state index is 10.7. The molecule has 0 aromatic carbocycles. The van der Waals surface area contributed by atoms with Crippen LogP contribution in [0.5, 0.6) is 0 Å². The molecule has 0 atom stereocenters. The summed E-state index contributed by atoms with van der Waals surface area (Å²) in [5, 5.41) is 0. The Hall–Kier alpha value is -1.58. The van der Waals surface area contributed by atoms with Gasteiger partial charge in [0.15, 0.2) is 0 Å². The Labute approximate surface area is 76.8 Å². The molecule has 72 valence electrons. The lowest BCUT2D eigenvalue weighted by Gasteiger charge is -1.96. The zero-order chi connectivity index (χ0) is 10.1. The smallest absolute Gasteiger partial charge is 0.330 e. The van der Waals surface area contributed by atoms with E-state index in [-0.39, 0.29) is 19.2 Å². The van der Waals surface area contributed by atoms with Crippen molar-refractivity contribution in [2.24, 2.45) is 0 Å². The second kappa shape index (κ2) is 7.09. The lowest BCUT2D eigenvalue weighted by Crippen LogP contribution is -2.02. The number of hydrogen-bond donors (Lipinski definition) is 0. The van der Waals surface area contributed by atoms with Gasteiger partial charge < -0.3 is 9.47 Å². The molecule has 0 aromatic rings. The van der Waals surface area contributed by atoms with Crippen molar-refractivity contribution in [3.05, 3.63) is 24.8 Å². The van der Waals surface area contributed by atoms with Crippen LogP contribution in [0.4, 0.5) is 0 Å². The van der Waals surface area contributed by atoms with E-state index in [0.717, 1.165) is 0 Å². The highest BCUT2D eigenvalue weighted by molar-refractivity contribution is 5.82. The molecule has 0 saturated carbocycles. The summed E-state index contributed by atoms with van der Waals surface area (Å²) in [7, 11) is 0. The summed E-state index contributed by atoms with van der Waals surface area (Å²) in [4.78, 5) is 21.0. The maximum Gasteiger partial charge on any atom is 0.330 e. The molecule has 0 radical (unpaired) electrons. The third-order valence-electron chi connectivity index (χ3n) is 0.980. The van der Waals surface area contributed by atoms with Gasteiger partial charge in [0, 0.05) is 13.0 Å². The van der Waals surface area contributed by atoms with Crippen molar-refractivity contribution in [1.82, 2.24) is 0 Å². The van der Waals surface area contributed by atoms with Crippen LogP contribution in [0.15, 0.2) is 24.8 Å². The predicted octanol–water partition coefficient (Wildman–Crippen LogP) is 0.835. The van der Waals surface area contributed by atoms with Crippen LogP contribution in [0, 0.1) is 0 Å². The molecule has 0 heterocycles. The quantitative estimate of drug-likeness (QED) is 0.361. The van der Waals surface area contributed by atoms with E-state index in [1.807, 2.05) is 0 Å². The standard InChI is InChI=1S/C9H12O4/c1-3-6-13-9(11)5-4-7-12-8(2)10/h3-5H,1,6-7H2,2H3. The Morgan fingerprint density at radius 3 is 2.54 bits per heavy atom. The summed E-state index contributed by atoms with van der Waals surface area (Å²) < 4.78 is 9.16. The third-order valence-corrected chi connectivity index (χ3v) is 0.980. The molecular weight excluding hydrogens is 172 g/mol. The van der Waals surface area contributed by atoms with Gasteiger partial charge in [0.05, 0.1) is 0 Å². The molecular formula is C9H12O4. The molecule has 4 nitrogen and oxygen atoms in total. The molecule has 4 heteroatoms. The molecule has 0 fully saturated rings. The van der Waals surface area contributed by atoms with E-state index in [2.05, 4.69) is 16.1 Å². The van der Waals surface area contributed by atoms with Crippen molar-refractivity contribution in [2.75, 3.05) is 13.2 Å². The summed E-state index contributed by atoms with van der Waals surface area (Å²) in [5.74, 6) is -0.865. The van der Waals surface area contributed by atoms with Crippen LogP contribution < -0.4 is 0 Å². The van der Waals surface area contributed by atoms with E-state index in [9.17, 15) is 9.59 Å². The van der Waals surface area contributed by atoms with Gasteiger partial charge in [0.1, 0.15) is 13.2 Å². The van der Waals surface area contributed by atoms with Gasteiger partial charge in [-0.05, 0) is 6.08 Å². The second-order valence-corrected chi connectivity index (χ2v) is 2.12. The molecule has 0 saturated heterocycles. The van der Waals surface area contributed by atoms with Crippen LogP contribution in [0.1, 0.15) is 6.92 Å². The minimum absolute atomic E-state index is 0.0819. The van der Waals surface area contributed by atoms with Gasteiger partial charge >= 0.3 is 11.9 Å². The maximum atomic E-state index is 10.7. The Bertz CT molecular complexity index is 218. The van der Waals surface area contributed by atoms with Crippen LogP contribution >= 0.6 is 0 Å². The lowest BCUT2D eigenvalue weighted by atomic mass is 10.5. The van der Waals surface area contributed by atoms with E-state index in [1.165, 1.54) is 25.2 Å². The van der Waals surface area contributed by atoms with Crippen LogP contribution in [-0.2, 0) is 19.1 Å². The van der Waals surface area contributed by atoms with Gasteiger partial charge in [-0.3, -0.25) is 4.79 Å². The van der Waals surface area contributed by atoms with Crippen LogP contribution in [0.2, 0.25) is 0 Å². The fourth-order valence-electron chi connectivity index (χ4n) is 0.499. The Morgan fingerprint density at radius 2 is 2.00 bits per heavy atom. The zero-order valence-electron chi connectivity index (χ0n) is 7.49. The van der Waals surface area contributed by atoms with E-state index < -0.39 is 5.97 Å². The number of carbonyl (C=O) groups is 2. The Kier molecular flexibility index (Phi) is 6.23. The Morgan fingerprint density at radius 1 is 1.31 bits per heavy atom. The van der Waals surface area contributed by atoms with Gasteiger partial charge in [0.2, 0.25) is 0 Å². The summed E-state index contributed by atoms with van der Waals surface area (Å²) in [6.45, 7) is 4.94. The normalized spacial score (nSPS) is 9.62. The van der Waals surface area contributed by atoms with Gasteiger partial charge in [-0.2, -0.15) is 0 Å². The first kappa shape index (κ1) is 11.4. The highest BCUT2D eigenvalue weighted by Crippen LogP contribution is 1.84. The monoisotopic (exact) mass is 184 g/mol. The van der Waals surface area contributed by atoms with E-state index in [1.54, 1.807) is 0 Å². The number of rotatable bonds is 5. The van der Waals surface area contributed by atoms with Crippen molar-refractivity contribution in [1.29, 1.82) is 0 Å². The first-order valence-electron chi connectivity index (χ1n) is 3.74. The Balaban J connectivity index is 3.53. The molecule has 0 bridgehead atoms. The van der Waals surface area contributed by atoms with Crippen molar-refractivity contribution in [2.45, 2.75) is 6.92 Å². The largest absolute Gasteiger partial charge is 0.462 e. The molecule has 0 unspecified atom stereocenters. The number of carbonyl (C=O) groups excluding carboxylic acids is 2. The topological polar surface area (TPSA) is 52.6 Å². The van der Waals surface area contributed by atoms with Crippen molar-refractivity contribution in [3.8, 4) is 0 Å². The number of hydrogen-bond acceptors (Lipinski definition) is 4. The van der Waals surface area contributed by atoms with Crippen molar-refractivity contribution >= 4 is 11.9 Å². The zero-order valence-corrected chi connectivity index (χ0v) is 7.49. The molecule has 0 aliphatic carbocycles. The van der Waals surface area contributed by atoms with Gasteiger partial charge in [-0.1, -0.05) is 12.7 Å². The highest BCUT2D eigenvalue weighted by Gasteiger charge is 1.93. The summed E-state index contributed by atoms with van der Waals surface area (Å²) >= 11 is 0. The average molecular weight is 184 g/mol. The average Bonchev–Trinajstić information content (AvgIpc) is 2.08. The van der Waals surface area contributed by atoms with Crippen molar-refractivity contribution in [3.63, 3.8) is 0 Å². The molecule has 0 rings (SSSR count). The molecule has 0 N–H and O–H groups in total. The van der Waals surface area contributed by atoms with Crippen molar-refractivity contribution < 1.29 is 19.1 Å². The summed E-state index contributed by atoms with van der Waals surface area (Å²) in [6.07, 6.45) is 4.08. The van der Waals surface area contributed by atoms with Crippen LogP contribution in [0.3, 0.4) is 0 Å². The molecule has 0 aliphatic heterocycles. The number of ether oxygens (including phenoxy) is 2. The summed E-state index contributed by atoms with van der Waals surface area (Å²) in [6, 6.07) is 0. The molecule has 0 spiro atoms. The predicted molar refractivity (Wildman–Crippen MR) is 46.9 cm³/mol. The van der Waals surface area contributed by atoms with Crippen LogP contribution in [-0.4, -0.2) is 25.2 Å². The number of esters is 2.